The first-order valence-corrected chi connectivity index (χ1v) is 9.65. The van der Waals surface area contributed by atoms with Crippen molar-refractivity contribution in [2.75, 3.05) is 0 Å². The highest BCUT2D eigenvalue weighted by molar-refractivity contribution is 9.10. The van der Waals surface area contributed by atoms with Gasteiger partial charge in [0.25, 0.3) is 0 Å². The quantitative estimate of drug-likeness (QED) is 0.770. The van der Waals surface area contributed by atoms with Gasteiger partial charge in [-0.15, -0.1) is 11.3 Å². The van der Waals surface area contributed by atoms with E-state index in [0.717, 1.165) is 17.8 Å². The molecule has 110 valence electrons. The third kappa shape index (κ3) is 2.30. The number of aryl methyl sites for hydroxylation is 1. The first kappa shape index (κ1) is 13.8. The van der Waals surface area contributed by atoms with Crippen molar-refractivity contribution in [3.05, 3.63) is 20.3 Å². The fourth-order valence-electron chi connectivity index (χ4n) is 5.77. The van der Waals surface area contributed by atoms with Gasteiger partial charge in [-0.3, -0.25) is 0 Å². The van der Waals surface area contributed by atoms with Crippen LogP contribution in [0.3, 0.4) is 0 Å². The second kappa shape index (κ2) is 4.82. The summed E-state index contributed by atoms with van der Waals surface area (Å²) in [5.74, 6) is 3.10. The molecule has 4 saturated carbocycles. The van der Waals surface area contributed by atoms with Crippen LogP contribution in [0.5, 0.6) is 0 Å². The smallest absolute Gasteiger partial charge is 0.0395 e. The Kier molecular flexibility index (Phi) is 3.32. The van der Waals surface area contributed by atoms with Crippen molar-refractivity contribution in [1.29, 1.82) is 0 Å². The summed E-state index contributed by atoms with van der Waals surface area (Å²) < 4.78 is 1.23. The van der Waals surface area contributed by atoms with Crippen molar-refractivity contribution in [2.24, 2.45) is 28.9 Å². The summed E-state index contributed by atoms with van der Waals surface area (Å²) in [6, 6.07) is 2.51. The summed E-state index contributed by atoms with van der Waals surface area (Å²) in [4.78, 5) is 2.74. The average molecular weight is 354 g/mol. The number of nitrogens with two attached hydrogens (primary N) is 1. The molecule has 4 aliphatic carbocycles. The van der Waals surface area contributed by atoms with Crippen molar-refractivity contribution < 1.29 is 0 Å². The Balaban J connectivity index is 1.53. The van der Waals surface area contributed by atoms with Crippen LogP contribution in [-0.4, -0.2) is 0 Å². The molecule has 0 saturated heterocycles. The highest BCUT2D eigenvalue weighted by Crippen LogP contribution is 2.62. The molecule has 4 fully saturated rings. The van der Waals surface area contributed by atoms with Gasteiger partial charge in [0.2, 0.25) is 0 Å². The Bertz CT molecular complexity index is 466. The zero-order chi connectivity index (χ0) is 13.9. The average Bonchev–Trinajstić information content (AvgIpc) is 2.67. The van der Waals surface area contributed by atoms with Gasteiger partial charge in [0.05, 0.1) is 0 Å². The Morgan fingerprint density at radius 1 is 1.25 bits per heavy atom. The minimum atomic E-state index is 0.251. The minimum Gasteiger partial charge on any atom is -0.323 e. The fraction of sp³-hybridized carbons (Fsp3) is 0.765. The van der Waals surface area contributed by atoms with Gasteiger partial charge >= 0.3 is 0 Å². The minimum absolute atomic E-state index is 0.251. The van der Waals surface area contributed by atoms with E-state index >= 15 is 0 Å². The number of hydrogen-bond donors (Lipinski definition) is 1. The van der Waals surface area contributed by atoms with Crippen LogP contribution in [0.2, 0.25) is 0 Å². The van der Waals surface area contributed by atoms with E-state index in [2.05, 4.69) is 28.9 Å². The number of thiophene rings is 1. The fourth-order valence-corrected chi connectivity index (χ4v) is 7.33. The molecule has 1 nitrogen and oxygen atoms in total. The van der Waals surface area contributed by atoms with E-state index < -0.39 is 0 Å². The zero-order valence-electron chi connectivity index (χ0n) is 12.2. The van der Waals surface area contributed by atoms with E-state index in [1.54, 1.807) is 0 Å². The van der Waals surface area contributed by atoms with E-state index in [0.29, 0.717) is 5.41 Å². The summed E-state index contributed by atoms with van der Waals surface area (Å²) >= 11 is 5.51. The van der Waals surface area contributed by atoms with Crippen LogP contribution in [0.25, 0.3) is 0 Å². The van der Waals surface area contributed by atoms with E-state index in [1.807, 2.05) is 11.3 Å². The maximum absolute atomic E-state index is 6.59. The Morgan fingerprint density at radius 2 is 1.80 bits per heavy atom. The molecule has 1 heterocycles. The first-order chi connectivity index (χ1) is 9.53. The molecule has 3 heteroatoms. The lowest BCUT2D eigenvalue weighted by atomic mass is 9.48. The highest BCUT2D eigenvalue weighted by Gasteiger charge is 2.51. The molecule has 1 aromatic heterocycles. The molecule has 5 rings (SSSR count). The number of hydrogen-bond acceptors (Lipinski definition) is 2. The van der Waals surface area contributed by atoms with Gasteiger partial charge in [0.1, 0.15) is 0 Å². The van der Waals surface area contributed by atoms with Crippen LogP contribution >= 0.6 is 27.3 Å². The molecule has 0 spiro atoms. The Labute approximate surface area is 134 Å². The van der Waals surface area contributed by atoms with Crippen molar-refractivity contribution in [3.8, 4) is 0 Å². The van der Waals surface area contributed by atoms with E-state index in [-0.39, 0.29) is 6.04 Å². The molecular weight excluding hydrogens is 330 g/mol. The van der Waals surface area contributed by atoms with Crippen LogP contribution < -0.4 is 5.73 Å². The monoisotopic (exact) mass is 353 g/mol. The lowest BCUT2D eigenvalue weighted by molar-refractivity contribution is -0.0603. The summed E-state index contributed by atoms with van der Waals surface area (Å²) in [5, 5.41) is 0. The van der Waals surface area contributed by atoms with E-state index in [4.69, 9.17) is 5.73 Å². The number of rotatable bonds is 3. The van der Waals surface area contributed by atoms with Crippen LogP contribution in [0, 0.1) is 30.1 Å². The molecule has 1 atom stereocenters. The largest absolute Gasteiger partial charge is 0.323 e. The van der Waals surface area contributed by atoms with E-state index in [9.17, 15) is 0 Å². The van der Waals surface area contributed by atoms with Gasteiger partial charge in [-0.05, 0) is 97.0 Å². The van der Waals surface area contributed by atoms with Crippen molar-refractivity contribution in [2.45, 2.75) is 57.9 Å². The molecule has 0 amide bonds. The molecule has 1 aromatic rings. The van der Waals surface area contributed by atoms with Crippen LogP contribution in [-0.2, 0) is 0 Å². The van der Waals surface area contributed by atoms with Crippen molar-refractivity contribution in [1.82, 2.24) is 0 Å². The number of halogens is 1. The van der Waals surface area contributed by atoms with E-state index in [1.165, 1.54) is 59.2 Å². The van der Waals surface area contributed by atoms with Gasteiger partial charge in [-0.25, -0.2) is 0 Å². The first-order valence-electron chi connectivity index (χ1n) is 8.04. The summed E-state index contributed by atoms with van der Waals surface area (Å²) in [6.45, 7) is 2.18. The third-order valence-corrected chi connectivity index (χ3v) is 8.33. The molecular formula is C17H24BrNS. The normalized spacial score (nSPS) is 40.2. The van der Waals surface area contributed by atoms with Gasteiger partial charge in [0.15, 0.2) is 0 Å². The molecule has 1 unspecified atom stereocenters. The van der Waals surface area contributed by atoms with Gasteiger partial charge in [-0.2, -0.15) is 0 Å². The topological polar surface area (TPSA) is 26.0 Å². The highest BCUT2D eigenvalue weighted by atomic mass is 79.9. The SMILES string of the molecule is Cc1sc(C(N)CC23CC4CC(CC(C4)C2)C3)cc1Br. The van der Waals surface area contributed by atoms with Crippen LogP contribution in [0.1, 0.15) is 60.7 Å². The summed E-state index contributed by atoms with van der Waals surface area (Å²) in [5.41, 5.74) is 7.18. The maximum atomic E-state index is 6.59. The van der Waals surface area contributed by atoms with Crippen LogP contribution in [0.4, 0.5) is 0 Å². The predicted octanol–water partition coefficient (Wildman–Crippen LogP) is 5.43. The lowest BCUT2D eigenvalue weighted by Crippen LogP contribution is -2.47. The summed E-state index contributed by atoms with van der Waals surface area (Å²) in [6.07, 6.45) is 10.2. The van der Waals surface area contributed by atoms with Gasteiger partial charge in [0, 0.05) is 20.3 Å². The molecule has 2 N–H and O–H groups in total. The molecule has 4 aliphatic rings. The van der Waals surface area contributed by atoms with Gasteiger partial charge < -0.3 is 5.73 Å². The second-order valence-electron chi connectivity index (χ2n) is 7.78. The van der Waals surface area contributed by atoms with Crippen molar-refractivity contribution in [3.63, 3.8) is 0 Å². The summed E-state index contributed by atoms with van der Waals surface area (Å²) in [7, 11) is 0. The third-order valence-electron chi connectivity index (χ3n) is 6.06. The second-order valence-corrected chi connectivity index (χ2v) is 9.92. The van der Waals surface area contributed by atoms with Crippen molar-refractivity contribution >= 4 is 27.3 Å². The lowest BCUT2D eigenvalue weighted by Gasteiger charge is -2.57. The molecule has 20 heavy (non-hydrogen) atoms. The maximum Gasteiger partial charge on any atom is 0.0395 e. The predicted molar refractivity (Wildman–Crippen MR) is 88.9 cm³/mol. The Morgan fingerprint density at radius 3 is 2.25 bits per heavy atom. The van der Waals surface area contributed by atoms with Gasteiger partial charge in [-0.1, -0.05) is 0 Å². The molecule has 0 aromatic carbocycles. The molecule has 0 aliphatic heterocycles. The van der Waals surface area contributed by atoms with Crippen LogP contribution in [0.15, 0.2) is 10.5 Å². The molecule has 0 radical (unpaired) electrons. The zero-order valence-corrected chi connectivity index (χ0v) is 14.6. The standard InChI is InChI=1S/C17H24BrNS/c1-10-14(18)5-16(20-10)15(19)9-17-6-11-2-12(7-17)4-13(3-11)8-17/h5,11-13,15H,2-4,6-9,19H2,1H3. The Hall–Kier alpha value is 0.140. The molecule has 4 bridgehead atoms.